The number of hydrogen-bond donors (Lipinski definition) is 0. The zero-order chi connectivity index (χ0) is 11.3. The highest BCUT2D eigenvalue weighted by Gasteiger charge is 2.12. The summed E-state index contributed by atoms with van der Waals surface area (Å²) in [5.74, 6) is 0.211. The first-order chi connectivity index (χ1) is 7.11. The third-order valence-electron chi connectivity index (χ3n) is 2.81. The third-order valence-corrected chi connectivity index (χ3v) is 2.81. The van der Waals surface area contributed by atoms with Crippen LogP contribution in [0.3, 0.4) is 0 Å². The molecule has 0 aromatic rings. The predicted octanol–water partition coefficient (Wildman–Crippen LogP) is 1.63. The summed E-state index contributed by atoms with van der Waals surface area (Å²) in [6, 6.07) is 0. The highest BCUT2D eigenvalue weighted by molar-refractivity contribution is 5.93. The molecule has 1 rings (SSSR count). The fourth-order valence-corrected chi connectivity index (χ4v) is 1.87. The first kappa shape index (κ1) is 12.4. The number of morpholine rings is 1. The maximum Gasteiger partial charge on any atom is 0.155 e. The summed E-state index contributed by atoms with van der Waals surface area (Å²) in [4.78, 5) is 13.7. The van der Waals surface area contributed by atoms with E-state index < -0.39 is 0 Å². The van der Waals surface area contributed by atoms with Crippen LogP contribution in [-0.2, 0) is 9.53 Å². The molecule has 1 fully saturated rings. The van der Waals surface area contributed by atoms with Gasteiger partial charge in [-0.2, -0.15) is 0 Å². The van der Waals surface area contributed by atoms with Crippen LogP contribution in [-0.4, -0.2) is 43.5 Å². The topological polar surface area (TPSA) is 29.5 Å². The van der Waals surface area contributed by atoms with Gasteiger partial charge in [0.1, 0.15) is 0 Å². The summed E-state index contributed by atoms with van der Waals surface area (Å²) in [7, 11) is 0. The Morgan fingerprint density at radius 1 is 1.20 bits per heavy atom. The summed E-state index contributed by atoms with van der Waals surface area (Å²) >= 11 is 0. The van der Waals surface area contributed by atoms with Gasteiger partial charge in [-0.3, -0.25) is 9.69 Å². The standard InChI is InChI=1S/C12H21NO2/c1-10(2)12(11(3)14)4-5-13-6-8-15-9-7-13/h4-9H2,1-3H3. The first-order valence-electron chi connectivity index (χ1n) is 5.58. The highest BCUT2D eigenvalue weighted by Crippen LogP contribution is 2.11. The average Bonchev–Trinajstić information content (AvgIpc) is 2.18. The fraction of sp³-hybridized carbons (Fsp3) is 0.750. The SMILES string of the molecule is CC(=O)C(CCN1CCOCC1)=C(C)C. The molecule has 0 bridgehead atoms. The molecule has 3 heteroatoms. The molecule has 0 saturated carbocycles. The second kappa shape index (κ2) is 6.03. The molecule has 15 heavy (non-hydrogen) atoms. The van der Waals surface area contributed by atoms with E-state index in [0.29, 0.717) is 0 Å². The molecule has 0 atom stereocenters. The number of hydrogen-bond acceptors (Lipinski definition) is 3. The molecule has 0 amide bonds. The number of carbonyl (C=O) groups excluding carboxylic acids is 1. The van der Waals surface area contributed by atoms with Crippen molar-refractivity contribution in [2.75, 3.05) is 32.8 Å². The summed E-state index contributed by atoms with van der Waals surface area (Å²) in [6.45, 7) is 10.3. The van der Waals surface area contributed by atoms with Gasteiger partial charge >= 0.3 is 0 Å². The summed E-state index contributed by atoms with van der Waals surface area (Å²) in [5.41, 5.74) is 2.14. The Morgan fingerprint density at radius 3 is 2.27 bits per heavy atom. The van der Waals surface area contributed by atoms with Crippen molar-refractivity contribution in [3.8, 4) is 0 Å². The number of Topliss-reactive ketones (excluding diaryl/α,β-unsaturated/α-hetero) is 1. The molecule has 86 valence electrons. The molecule has 1 saturated heterocycles. The van der Waals surface area contributed by atoms with Gasteiger partial charge in [-0.15, -0.1) is 0 Å². The molecule has 0 aromatic heterocycles. The van der Waals surface area contributed by atoms with Crippen molar-refractivity contribution in [3.05, 3.63) is 11.1 Å². The van der Waals surface area contributed by atoms with E-state index in [9.17, 15) is 4.79 Å². The monoisotopic (exact) mass is 211 g/mol. The van der Waals surface area contributed by atoms with E-state index in [1.54, 1.807) is 6.92 Å². The number of allylic oxidation sites excluding steroid dienone is 1. The number of ether oxygens (including phenoxy) is 1. The van der Waals surface area contributed by atoms with E-state index in [1.807, 2.05) is 13.8 Å². The summed E-state index contributed by atoms with van der Waals surface area (Å²) < 4.78 is 5.28. The first-order valence-corrected chi connectivity index (χ1v) is 5.58. The molecule has 0 aromatic carbocycles. The molecular weight excluding hydrogens is 190 g/mol. The van der Waals surface area contributed by atoms with Gasteiger partial charge in [-0.1, -0.05) is 5.57 Å². The maximum atomic E-state index is 11.4. The Hall–Kier alpha value is -0.670. The summed E-state index contributed by atoms with van der Waals surface area (Å²) in [5, 5.41) is 0. The van der Waals surface area contributed by atoms with E-state index in [1.165, 1.54) is 0 Å². The lowest BCUT2D eigenvalue weighted by Gasteiger charge is -2.26. The molecule has 1 heterocycles. The molecule has 0 aliphatic carbocycles. The molecular formula is C12H21NO2. The second-order valence-electron chi connectivity index (χ2n) is 4.24. The lowest BCUT2D eigenvalue weighted by Crippen LogP contribution is -2.37. The molecule has 0 radical (unpaired) electrons. The normalized spacial score (nSPS) is 17.5. The van der Waals surface area contributed by atoms with Gasteiger partial charge in [0, 0.05) is 19.6 Å². The van der Waals surface area contributed by atoms with Crippen molar-refractivity contribution in [3.63, 3.8) is 0 Å². The van der Waals surface area contributed by atoms with Gasteiger partial charge in [0.15, 0.2) is 5.78 Å². The van der Waals surface area contributed by atoms with Crippen molar-refractivity contribution in [1.29, 1.82) is 0 Å². The Morgan fingerprint density at radius 2 is 1.80 bits per heavy atom. The van der Waals surface area contributed by atoms with Crippen LogP contribution in [0.5, 0.6) is 0 Å². The number of rotatable bonds is 4. The van der Waals surface area contributed by atoms with Gasteiger partial charge in [0.2, 0.25) is 0 Å². The lowest BCUT2D eigenvalue weighted by molar-refractivity contribution is -0.113. The Bertz CT molecular complexity index is 248. The van der Waals surface area contributed by atoms with Crippen LogP contribution < -0.4 is 0 Å². The minimum Gasteiger partial charge on any atom is -0.379 e. The van der Waals surface area contributed by atoms with E-state index in [-0.39, 0.29) is 5.78 Å². The third kappa shape index (κ3) is 4.14. The van der Waals surface area contributed by atoms with Crippen LogP contribution in [0.25, 0.3) is 0 Å². The Balaban J connectivity index is 2.40. The van der Waals surface area contributed by atoms with Gasteiger partial charge in [0.05, 0.1) is 13.2 Å². The van der Waals surface area contributed by atoms with Gasteiger partial charge in [-0.05, 0) is 32.8 Å². The van der Waals surface area contributed by atoms with Crippen LogP contribution in [0.1, 0.15) is 27.2 Å². The predicted molar refractivity (Wildman–Crippen MR) is 60.9 cm³/mol. The Kier molecular flexibility index (Phi) is 4.99. The van der Waals surface area contributed by atoms with Crippen molar-refractivity contribution in [1.82, 2.24) is 4.90 Å². The minimum absolute atomic E-state index is 0.211. The molecule has 0 spiro atoms. The van der Waals surface area contributed by atoms with E-state index in [2.05, 4.69) is 4.90 Å². The van der Waals surface area contributed by atoms with E-state index >= 15 is 0 Å². The lowest BCUT2D eigenvalue weighted by atomic mass is 10.0. The maximum absolute atomic E-state index is 11.4. The highest BCUT2D eigenvalue weighted by atomic mass is 16.5. The van der Waals surface area contributed by atoms with Crippen LogP contribution >= 0.6 is 0 Å². The number of nitrogens with zero attached hydrogens (tertiary/aromatic N) is 1. The van der Waals surface area contributed by atoms with Crippen molar-refractivity contribution in [2.45, 2.75) is 27.2 Å². The number of carbonyl (C=O) groups is 1. The van der Waals surface area contributed by atoms with Gasteiger partial charge < -0.3 is 4.74 Å². The van der Waals surface area contributed by atoms with Crippen molar-refractivity contribution < 1.29 is 9.53 Å². The van der Waals surface area contributed by atoms with Crippen LogP contribution in [0.2, 0.25) is 0 Å². The van der Waals surface area contributed by atoms with Gasteiger partial charge in [-0.25, -0.2) is 0 Å². The second-order valence-corrected chi connectivity index (χ2v) is 4.24. The smallest absolute Gasteiger partial charge is 0.155 e. The molecule has 1 aliphatic rings. The van der Waals surface area contributed by atoms with Crippen molar-refractivity contribution in [2.24, 2.45) is 0 Å². The number of ketones is 1. The van der Waals surface area contributed by atoms with E-state index in [4.69, 9.17) is 4.74 Å². The Labute approximate surface area is 92.1 Å². The van der Waals surface area contributed by atoms with E-state index in [0.717, 1.165) is 50.4 Å². The molecule has 0 unspecified atom stereocenters. The summed E-state index contributed by atoms with van der Waals surface area (Å²) in [6.07, 6.45) is 0.873. The quantitative estimate of drug-likeness (QED) is 0.662. The largest absolute Gasteiger partial charge is 0.379 e. The zero-order valence-electron chi connectivity index (χ0n) is 10.0. The van der Waals surface area contributed by atoms with Gasteiger partial charge in [0.25, 0.3) is 0 Å². The zero-order valence-corrected chi connectivity index (χ0v) is 10.0. The molecule has 1 aliphatic heterocycles. The van der Waals surface area contributed by atoms with Crippen LogP contribution in [0, 0.1) is 0 Å². The fourth-order valence-electron chi connectivity index (χ4n) is 1.87. The minimum atomic E-state index is 0.211. The van der Waals surface area contributed by atoms with Crippen molar-refractivity contribution >= 4 is 5.78 Å². The average molecular weight is 211 g/mol. The molecule has 0 N–H and O–H groups in total. The van der Waals surface area contributed by atoms with Crippen LogP contribution in [0.15, 0.2) is 11.1 Å². The van der Waals surface area contributed by atoms with Crippen LogP contribution in [0.4, 0.5) is 0 Å². The molecule has 3 nitrogen and oxygen atoms in total.